The summed E-state index contributed by atoms with van der Waals surface area (Å²) in [6.07, 6.45) is 3.54. The number of aromatic nitrogens is 2. The van der Waals surface area contributed by atoms with E-state index < -0.39 is 16.1 Å². The van der Waals surface area contributed by atoms with Crippen molar-refractivity contribution < 1.29 is 13.2 Å². The zero-order valence-electron chi connectivity index (χ0n) is 13.1. The highest BCUT2D eigenvalue weighted by Crippen LogP contribution is 2.28. The van der Waals surface area contributed by atoms with Gasteiger partial charge < -0.3 is 10.3 Å². The van der Waals surface area contributed by atoms with E-state index >= 15 is 0 Å². The summed E-state index contributed by atoms with van der Waals surface area (Å²) < 4.78 is 27.5. The highest BCUT2D eigenvalue weighted by Gasteiger charge is 2.39. The first-order chi connectivity index (χ1) is 10.9. The molecule has 1 fully saturated rings. The van der Waals surface area contributed by atoms with Crippen molar-refractivity contribution in [3.05, 3.63) is 24.5 Å². The molecule has 0 bridgehead atoms. The lowest BCUT2D eigenvalue weighted by Gasteiger charge is -2.34. The van der Waals surface area contributed by atoms with Crippen molar-refractivity contribution in [1.29, 1.82) is 0 Å². The molecule has 1 unspecified atom stereocenters. The first kappa shape index (κ1) is 15.9. The van der Waals surface area contributed by atoms with Crippen LogP contribution >= 0.6 is 0 Å². The fraction of sp³-hybridized carbons (Fsp3) is 0.467. The van der Waals surface area contributed by atoms with Gasteiger partial charge in [-0.3, -0.25) is 4.79 Å². The number of hydrogen-bond acceptors (Lipinski definition) is 4. The van der Waals surface area contributed by atoms with Gasteiger partial charge in [0.2, 0.25) is 15.9 Å². The minimum absolute atomic E-state index is 0.170. The van der Waals surface area contributed by atoms with Gasteiger partial charge in [0.15, 0.2) is 0 Å². The van der Waals surface area contributed by atoms with Gasteiger partial charge in [0.25, 0.3) is 0 Å². The van der Waals surface area contributed by atoms with E-state index in [-0.39, 0.29) is 23.3 Å². The second-order valence-electron chi connectivity index (χ2n) is 6.10. The van der Waals surface area contributed by atoms with Crippen LogP contribution in [0.5, 0.6) is 0 Å². The summed E-state index contributed by atoms with van der Waals surface area (Å²) in [5, 5.41) is 3.30. The van der Waals surface area contributed by atoms with Crippen LogP contribution in [0.2, 0.25) is 0 Å². The molecule has 3 heterocycles. The molecule has 124 valence electrons. The summed E-state index contributed by atoms with van der Waals surface area (Å²) in [7, 11) is -3.77. The molecular weight excluding hydrogens is 316 g/mol. The molecule has 1 atom stereocenters. The Morgan fingerprint density at radius 3 is 2.96 bits per heavy atom. The molecule has 2 N–H and O–H groups in total. The number of fused-ring (bicyclic) bond motifs is 1. The molecule has 0 spiro atoms. The first-order valence-corrected chi connectivity index (χ1v) is 9.07. The summed E-state index contributed by atoms with van der Waals surface area (Å²) in [6, 6.07) is 2.74. The van der Waals surface area contributed by atoms with Crippen molar-refractivity contribution >= 4 is 27.0 Å². The lowest BCUT2D eigenvalue weighted by Crippen LogP contribution is -2.57. The van der Waals surface area contributed by atoms with Crippen molar-refractivity contribution in [3.8, 4) is 0 Å². The Morgan fingerprint density at radius 1 is 1.43 bits per heavy atom. The van der Waals surface area contributed by atoms with Crippen LogP contribution in [0.15, 0.2) is 29.4 Å². The average Bonchev–Trinajstić information content (AvgIpc) is 2.93. The van der Waals surface area contributed by atoms with Gasteiger partial charge in [0.05, 0.1) is 0 Å². The number of amides is 1. The van der Waals surface area contributed by atoms with Crippen LogP contribution in [-0.4, -0.2) is 47.7 Å². The maximum atomic E-state index is 13.1. The number of aromatic amines is 1. The number of nitrogens with one attached hydrogen (secondary N) is 2. The molecule has 2 aromatic heterocycles. The molecule has 0 aromatic carbocycles. The summed E-state index contributed by atoms with van der Waals surface area (Å²) >= 11 is 0. The smallest absolute Gasteiger partial charge is 0.246 e. The third-order valence-corrected chi connectivity index (χ3v) is 5.92. The second-order valence-corrected chi connectivity index (χ2v) is 7.96. The Kier molecular flexibility index (Phi) is 4.11. The molecule has 0 saturated carbocycles. The third kappa shape index (κ3) is 2.84. The normalized spacial score (nSPS) is 20.1. The van der Waals surface area contributed by atoms with Crippen LogP contribution in [0.1, 0.15) is 20.3 Å². The molecule has 1 saturated heterocycles. The number of piperazine rings is 1. The van der Waals surface area contributed by atoms with Gasteiger partial charge in [-0.2, -0.15) is 4.31 Å². The summed E-state index contributed by atoms with van der Waals surface area (Å²) in [5.74, 6) is -0.0160. The molecule has 8 heteroatoms. The molecule has 1 aliphatic heterocycles. The predicted molar refractivity (Wildman–Crippen MR) is 86.2 cm³/mol. The second kappa shape index (κ2) is 5.93. The van der Waals surface area contributed by atoms with Crippen molar-refractivity contribution in [3.63, 3.8) is 0 Å². The van der Waals surface area contributed by atoms with Gasteiger partial charge in [0, 0.05) is 30.9 Å². The number of sulfonamides is 1. The van der Waals surface area contributed by atoms with E-state index in [2.05, 4.69) is 15.3 Å². The number of carbonyl (C=O) groups excluding carboxylic acids is 1. The van der Waals surface area contributed by atoms with Crippen LogP contribution in [0.3, 0.4) is 0 Å². The fourth-order valence-electron chi connectivity index (χ4n) is 2.92. The monoisotopic (exact) mass is 336 g/mol. The van der Waals surface area contributed by atoms with Gasteiger partial charge in [-0.25, -0.2) is 13.4 Å². The SMILES string of the molecule is CC(C)CC1C(=O)NCCN1S(=O)(=O)c1c[nH]c2ncccc12. The van der Waals surface area contributed by atoms with Crippen LogP contribution < -0.4 is 5.32 Å². The fourth-order valence-corrected chi connectivity index (χ4v) is 4.67. The largest absolute Gasteiger partial charge is 0.353 e. The maximum Gasteiger partial charge on any atom is 0.246 e. The Morgan fingerprint density at radius 2 is 2.22 bits per heavy atom. The van der Waals surface area contributed by atoms with Crippen LogP contribution in [-0.2, 0) is 14.8 Å². The summed E-state index contributed by atoms with van der Waals surface area (Å²) in [6.45, 7) is 4.55. The third-order valence-electron chi connectivity index (χ3n) is 3.98. The Balaban J connectivity index is 2.04. The molecule has 23 heavy (non-hydrogen) atoms. The van der Waals surface area contributed by atoms with Gasteiger partial charge in [-0.15, -0.1) is 0 Å². The molecular formula is C15H20N4O3S. The summed E-state index contributed by atoms with van der Waals surface area (Å²) in [4.78, 5) is 19.4. The van der Waals surface area contributed by atoms with Gasteiger partial charge >= 0.3 is 0 Å². The van der Waals surface area contributed by atoms with Crippen molar-refractivity contribution in [2.45, 2.75) is 31.2 Å². The number of rotatable bonds is 4. The van der Waals surface area contributed by atoms with Crippen LogP contribution in [0.4, 0.5) is 0 Å². The van der Waals surface area contributed by atoms with Crippen LogP contribution in [0, 0.1) is 5.92 Å². The molecule has 0 radical (unpaired) electrons. The van der Waals surface area contributed by atoms with Crippen molar-refractivity contribution in [2.75, 3.05) is 13.1 Å². The number of pyridine rings is 1. The average molecular weight is 336 g/mol. The van der Waals surface area contributed by atoms with E-state index in [4.69, 9.17) is 0 Å². The number of H-pyrrole nitrogens is 1. The lowest BCUT2D eigenvalue weighted by atomic mass is 10.0. The maximum absolute atomic E-state index is 13.1. The standard InChI is InChI=1S/C15H20N4O3S/c1-10(2)8-12-15(20)17-6-7-19(12)23(21,22)13-9-18-14-11(13)4-3-5-16-14/h3-5,9-10,12H,6-8H2,1-2H3,(H,16,18)(H,17,20). The number of carbonyl (C=O) groups is 1. The molecule has 0 aliphatic carbocycles. The van der Waals surface area contributed by atoms with E-state index in [1.165, 1.54) is 10.5 Å². The first-order valence-electron chi connectivity index (χ1n) is 7.63. The number of hydrogen-bond donors (Lipinski definition) is 2. The zero-order chi connectivity index (χ0) is 16.6. The highest BCUT2D eigenvalue weighted by molar-refractivity contribution is 7.89. The van der Waals surface area contributed by atoms with Crippen molar-refractivity contribution in [2.24, 2.45) is 5.92 Å². The topological polar surface area (TPSA) is 95.2 Å². The predicted octanol–water partition coefficient (Wildman–Crippen LogP) is 1.10. The minimum atomic E-state index is -3.77. The van der Waals surface area contributed by atoms with Crippen molar-refractivity contribution in [1.82, 2.24) is 19.6 Å². The van der Waals surface area contributed by atoms with Gasteiger partial charge in [-0.05, 0) is 24.5 Å². The molecule has 1 amide bonds. The van der Waals surface area contributed by atoms with E-state index in [1.807, 2.05) is 13.8 Å². The Hall–Kier alpha value is -1.93. The van der Waals surface area contributed by atoms with E-state index in [9.17, 15) is 13.2 Å². The van der Waals surface area contributed by atoms with E-state index in [0.29, 0.717) is 24.0 Å². The lowest BCUT2D eigenvalue weighted by molar-refractivity contribution is -0.127. The molecule has 2 aromatic rings. The Labute approximate surface area is 135 Å². The zero-order valence-corrected chi connectivity index (χ0v) is 13.9. The van der Waals surface area contributed by atoms with E-state index in [0.717, 1.165) is 0 Å². The van der Waals surface area contributed by atoms with Gasteiger partial charge in [0.1, 0.15) is 16.6 Å². The van der Waals surface area contributed by atoms with Crippen LogP contribution in [0.25, 0.3) is 11.0 Å². The minimum Gasteiger partial charge on any atom is -0.353 e. The molecule has 3 rings (SSSR count). The molecule has 1 aliphatic rings. The molecule has 7 nitrogen and oxygen atoms in total. The van der Waals surface area contributed by atoms with Gasteiger partial charge in [-0.1, -0.05) is 13.8 Å². The number of nitrogens with zero attached hydrogens (tertiary/aromatic N) is 2. The quantitative estimate of drug-likeness (QED) is 0.874. The highest BCUT2D eigenvalue weighted by atomic mass is 32.2. The Bertz CT molecular complexity index is 828. The van der Waals surface area contributed by atoms with E-state index in [1.54, 1.807) is 18.3 Å². The summed E-state index contributed by atoms with van der Waals surface area (Å²) in [5.41, 5.74) is 0.521.